The van der Waals surface area contributed by atoms with Crippen molar-refractivity contribution in [2.24, 2.45) is 0 Å². The molecule has 0 bridgehead atoms. The van der Waals surface area contributed by atoms with Gasteiger partial charge < -0.3 is 35.7 Å². The molecule has 0 atom stereocenters. The van der Waals surface area contributed by atoms with E-state index in [1.54, 1.807) is 0 Å². The Kier molecular flexibility index (Phi) is 5.23. The molecule has 11 heteroatoms. The molecular formula is C17H17NO9S. The average molecular weight is 411 g/mol. The van der Waals surface area contributed by atoms with Crippen LogP contribution in [0.1, 0.15) is 6.92 Å². The minimum Gasteiger partial charge on any atom is -0.504 e. The molecule has 2 aromatic carbocycles. The molecule has 28 heavy (non-hydrogen) atoms. The monoisotopic (exact) mass is 411 g/mol. The van der Waals surface area contributed by atoms with E-state index in [9.17, 15) is 44.2 Å². The largest absolute Gasteiger partial charge is 0.504 e. The van der Waals surface area contributed by atoms with Crippen molar-refractivity contribution < 1.29 is 44.2 Å². The lowest BCUT2D eigenvalue weighted by Crippen LogP contribution is -2.14. The van der Waals surface area contributed by atoms with Gasteiger partial charge in [-0.05, 0) is 13.0 Å². The Morgan fingerprint density at radius 1 is 0.821 bits per heavy atom. The van der Waals surface area contributed by atoms with Gasteiger partial charge in [-0.15, -0.1) is 0 Å². The summed E-state index contributed by atoms with van der Waals surface area (Å²) >= 11 is 0. The van der Waals surface area contributed by atoms with Crippen molar-refractivity contribution in [2.75, 3.05) is 4.72 Å². The molecule has 10 nitrogen and oxygen atoms in total. The third kappa shape index (κ3) is 3.07. The summed E-state index contributed by atoms with van der Waals surface area (Å²) in [5.41, 5.74) is -0.861. The van der Waals surface area contributed by atoms with Gasteiger partial charge in [-0.3, -0.25) is 4.72 Å². The smallest absolute Gasteiger partial charge is 0.261 e. The zero-order chi connectivity index (χ0) is 21.4. The summed E-state index contributed by atoms with van der Waals surface area (Å²) in [7, 11) is -4.41. The van der Waals surface area contributed by atoms with Crippen molar-refractivity contribution in [2.45, 2.75) is 6.92 Å². The minimum atomic E-state index is -4.41. The highest BCUT2D eigenvalue weighted by Crippen LogP contribution is 2.59. The van der Waals surface area contributed by atoms with Crippen LogP contribution in [0.15, 0.2) is 35.8 Å². The molecule has 0 aliphatic carbocycles. The van der Waals surface area contributed by atoms with E-state index >= 15 is 0 Å². The average Bonchev–Trinajstić information content (AvgIpc) is 2.65. The van der Waals surface area contributed by atoms with Crippen LogP contribution in [0.3, 0.4) is 0 Å². The molecule has 2 aromatic rings. The van der Waals surface area contributed by atoms with Crippen molar-refractivity contribution in [1.82, 2.24) is 0 Å². The van der Waals surface area contributed by atoms with Gasteiger partial charge in [-0.1, -0.05) is 24.8 Å². The molecule has 150 valence electrons. The molecule has 8 N–H and O–H groups in total. The standard InChI is InChI=1S/C17H17NO9S/c1-3-5-6-7(4-2)28(26,27)18-10-8-9(12(20)15(23)14(10)22)13(21)17(25)16(24)11(8)19/h3-6,18-25H,1H2,2H3/b6-5-,7-4+. The van der Waals surface area contributed by atoms with Crippen LogP contribution >= 0.6 is 0 Å². The summed E-state index contributed by atoms with van der Waals surface area (Å²) < 4.78 is 27.1. The number of nitrogens with one attached hydrogen (secondary N) is 1. The van der Waals surface area contributed by atoms with E-state index in [0.29, 0.717) is 0 Å². The van der Waals surface area contributed by atoms with Gasteiger partial charge in [0.05, 0.1) is 15.7 Å². The van der Waals surface area contributed by atoms with Gasteiger partial charge in [0.15, 0.2) is 23.0 Å². The molecule has 0 saturated heterocycles. The molecule has 0 amide bonds. The molecule has 0 saturated carbocycles. The first-order chi connectivity index (χ1) is 13.0. The normalized spacial score (nSPS) is 12.5. The van der Waals surface area contributed by atoms with Crippen molar-refractivity contribution in [3.63, 3.8) is 0 Å². The van der Waals surface area contributed by atoms with Crippen LogP contribution in [-0.2, 0) is 10.0 Å². The van der Waals surface area contributed by atoms with Crippen LogP contribution in [0.5, 0.6) is 40.2 Å². The lowest BCUT2D eigenvalue weighted by Gasteiger charge is -2.18. The number of anilines is 1. The highest BCUT2D eigenvalue weighted by atomic mass is 32.2. The van der Waals surface area contributed by atoms with Crippen LogP contribution in [0.25, 0.3) is 10.8 Å². The molecule has 0 aromatic heterocycles. The maximum atomic E-state index is 12.6. The number of allylic oxidation sites excluding steroid dienone is 4. The van der Waals surface area contributed by atoms with Crippen molar-refractivity contribution in [3.8, 4) is 40.2 Å². The number of fused-ring (bicyclic) bond motifs is 1. The molecule has 2 rings (SSSR count). The highest BCUT2D eigenvalue weighted by Gasteiger charge is 2.30. The Balaban J connectivity index is 2.93. The number of hydrogen-bond acceptors (Lipinski definition) is 9. The third-order valence-electron chi connectivity index (χ3n) is 3.80. The van der Waals surface area contributed by atoms with Crippen molar-refractivity contribution in [1.29, 1.82) is 0 Å². The van der Waals surface area contributed by atoms with Gasteiger partial charge in [0.2, 0.25) is 17.2 Å². The lowest BCUT2D eigenvalue weighted by atomic mass is 10.0. The number of rotatable bonds is 5. The predicted molar refractivity (Wildman–Crippen MR) is 101 cm³/mol. The van der Waals surface area contributed by atoms with E-state index < -0.39 is 66.7 Å². The maximum absolute atomic E-state index is 12.6. The fraction of sp³-hybridized carbons (Fsp3) is 0.0588. The molecule has 0 heterocycles. The minimum absolute atomic E-state index is 0.292. The topological polar surface area (TPSA) is 188 Å². The number of phenols is 7. The highest BCUT2D eigenvalue weighted by molar-refractivity contribution is 7.96. The van der Waals surface area contributed by atoms with E-state index in [-0.39, 0.29) is 4.91 Å². The van der Waals surface area contributed by atoms with Gasteiger partial charge >= 0.3 is 0 Å². The Morgan fingerprint density at radius 2 is 1.29 bits per heavy atom. The van der Waals surface area contributed by atoms with Crippen LogP contribution in [0.2, 0.25) is 0 Å². The maximum Gasteiger partial charge on any atom is 0.261 e. The summed E-state index contributed by atoms with van der Waals surface area (Å²) in [6.45, 7) is 4.81. The van der Waals surface area contributed by atoms with Crippen LogP contribution in [-0.4, -0.2) is 44.2 Å². The van der Waals surface area contributed by atoms with Gasteiger partial charge in [0.25, 0.3) is 10.0 Å². The number of phenolic OH excluding ortho intramolecular Hbond substituents is 7. The van der Waals surface area contributed by atoms with Crippen molar-refractivity contribution >= 4 is 26.5 Å². The van der Waals surface area contributed by atoms with Crippen LogP contribution < -0.4 is 4.72 Å². The first kappa shape index (κ1) is 20.6. The molecule has 0 unspecified atom stereocenters. The SMILES string of the molecule is C=C/C=C\C(=C/C)S(=O)(=O)Nc1c(O)c(O)c(O)c2c(O)c(O)c(O)c(O)c12. The summed E-state index contributed by atoms with van der Waals surface area (Å²) in [6, 6.07) is 0. The summed E-state index contributed by atoms with van der Waals surface area (Å²) in [5.74, 6) is -8.43. The van der Waals surface area contributed by atoms with Gasteiger partial charge in [-0.2, -0.15) is 0 Å². The van der Waals surface area contributed by atoms with E-state index in [1.807, 2.05) is 4.72 Å². The fourth-order valence-corrected chi connectivity index (χ4v) is 3.59. The molecule has 0 fully saturated rings. The zero-order valence-electron chi connectivity index (χ0n) is 14.4. The predicted octanol–water partition coefficient (Wildman–Crippen LogP) is 2.17. The second-order valence-corrected chi connectivity index (χ2v) is 7.14. The first-order valence-corrected chi connectivity index (χ1v) is 9.02. The Bertz CT molecular complexity index is 1140. The molecule has 0 radical (unpaired) electrons. The summed E-state index contributed by atoms with van der Waals surface area (Å²) in [5, 5.41) is 67.8. The molecular weight excluding hydrogens is 394 g/mol. The first-order valence-electron chi connectivity index (χ1n) is 7.54. The van der Waals surface area contributed by atoms with Gasteiger partial charge in [-0.25, -0.2) is 8.42 Å². The third-order valence-corrected chi connectivity index (χ3v) is 5.26. The Hall–Kier alpha value is -3.73. The Labute approximate surface area is 158 Å². The number of aromatic hydroxyl groups is 7. The number of hydrogen-bond donors (Lipinski definition) is 8. The van der Waals surface area contributed by atoms with E-state index in [1.165, 1.54) is 25.2 Å². The Morgan fingerprint density at radius 3 is 1.75 bits per heavy atom. The van der Waals surface area contributed by atoms with E-state index in [2.05, 4.69) is 6.58 Å². The van der Waals surface area contributed by atoms with E-state index in [4.69, 9.17) is 0 Å². The number of benzene rings is 2. The van der Waals surface area contributed by atoms with E-state index in [0.717, 1.165) is 6.08 Å². The number of sulfonamides is 1. The van der Waals surface area contributed by atoms with Gasteiger partial charge in [0, 0.05) is 0 Å². The summed E-state index contributed by atoms with van der Waals surface area (Å²) in [6.07, 6.45) is 4.98. The van der Waals surface area contributed by atoms with Crippen LogP contribution in [0, 0.1) is 0 Å². The van der Waals surface area contributed by atoms with Gasteiger partial charge in [0.1, 0.15) is 5.69 Å². The van der Waals surface area contributed by atoms with Crippen LogP contribution in [0.4, 0.5) is 5.69 Å². The molecule has 0 aliphatic heterocycles. The second-order valence-electron chi connectivity index (χ2n) is 5.46. The lowest BCUT2D eigenvalue weighted by molar-refractivity contribution is 0.347. The quantitative estimate of drug-likeness (QED) is 0.207. The molecule has 0 spiro atoms. The molecule has 0 aliphatic rings. The van der Waals surface area contributed by atoms with Crippen molar-refractivity contribution in [3.05, 3.63) is 35.8 Å². The second kappa shape index (κ2) is 7.12. The zero-order valence-corrected chi connectivity index (χ0v) is 15.2. The fourth-order valence-electron chi connectivity index (χ4n) is 2.44. The summed E-state index contributed by atoms with van der Waals surface area (Å²) in [4.78, 5) is -0.292.